The average molecular weight is 192 g/mol. The van der Waals surface area contributed by atoms with Crippen molar-refractivity contribution in [1.82, 2.24) is 0 Å². The maximum Gasteiger partial charge on any atom is 0.122 e. The third kappa shape index (κ3) is 3.06. The molecule has 0 aliphatic carbocycles. The first-order valence-electron chi connectivity index (χ1n) is 5.50. The molecular formula is C13H20O. The van der Waals surface area contributed by atoms with Crippen LogP contribution in [0.2, 0.25) is 0 Å². The van der Waals surface area contributed by atoms with Crippen molar-refractivity contribution < 1.29 is 4.74 Å². The fraction of sp³-hybridized carbons (Fsp3) is 0.538. The van der Waals surface area contributed by atoms with Crippen molar-refractivity contribution >= 4 is 0 Å². The fourth-order valence-corrected chi connectivity index (χ4v) is 1.41. The summed E-state index contributed by atoms with van der Waals surface area (Å²) in [7, 11) is 0. The molecule has 1 aromatic carbocycles. The maximum atomic E-state index is 5.75. The average Bonchev–Trinajstić information content (AvgIpc) is 2.19. The molecule has 0 unspecified atom stereocenters. The van der Waals surface area contributed by atoms with Gasteiger partial charge in [0.2, 0.25) is 0 Å². The molecular weight excluding hydrogens is 172 g/mol. The van der Waals surface area contributed by atoms with Gasteiger partial charge in [0.1, 0.15) is 5.75 Å². The Morgan fingerprint density at radius 3 is 2.64 bits per heavy atom. The van der Waals surface area contributed by atoms with Crippen molar-refractivity contribution in [3.05, 3.63) is 29.3 Å². The van der Waals surface area contributed by atoms with Gasteiger partial charge in [-0.25, -0.2) is 0 Å². The summed E-state index contributed by atoms with van der Waals surface area (Å²) < 4.78 is 5.75. The van der Waals surface area contributed by atoms with Gasteiger partial charge in [-0.15, -0.1) is 0 Å². The molecule has 1 aromatic rings. The zero-order valence-corrected chi connectivity index (χ0v) is 9.47. The van der Waals surface area contributed by atoms with E-state index in [9.17, 15) is 0 Å². The highest BCUT2D eigenvalue weighted by Gasteiger charge is 2.01. The molecule has 78 valence electrons. The van der Waals surface area contributed by atoms with Crippen LogP contribution in [0.4, 0.5) is 0 Å². The van der Waals surface area contributed by atoms with Crippen LogP contribution in [0.3, 0.4) is 0 Å². The normalized spacial score (nSPS) is 10.2. The summed E-state index contributed by atoms with van der Waals surface area (Å²) in [5, 5.41) is 0. The first-order valence-corrected chi connectivity index (χ1v) is 5.50. The minimum atomic E-state index is 0.840. The number of ether oxygens (including phenoxy) is 1. The van der Waals surface area contributed by atoms with Gasteiger partial charge in [-0.2, -0.15) is 0 Å². The first-order chi connectivity index (χ1) is 6.77. The summed E-state index contributed by atoms with van der Waals surface area (Å²) in [6, 6.07) is 6.44. The number of rotatable bonds is 5. The lowest BCUT2D eigenvalue weighted by atomic mass is 10.1. The molecule has 1 heteroatoms. The summed E-state index contributed by atoms with van der Waals surface area (Å²) in [5.74, 6) is 1.07. The van der Waals surface area contributed by atoms with Crippen molar-refractivity contribution in [2.75, 3.05) is 6.61 Å². The van der Waals surface area contributed by atoms with E-state index in [2.05, 4.69) is 39.0 Å². The topological polar surface area (TPSA) is 9.23 Å². The van der Waals surface area contributed by atoms with E-state index in [1.807, 2.05) is 0 Å². The zero-order chi connectivity index (χ0) is 10.4. The van der Waals surface area contributed by atoms with E-state index in [1.54, 1.807) is 0 Å². The molecule has 0 saturated heterocycles. The second kappa shape index (κ2) is 5.69. The largest absolute Gasteiger partial charge is 0.493 e. The minimum absolute atomic E-state index is 0.840. The van der Waals surface area contributed by atoms with Gasteiger partial charge in [0.25, 0.3) is 0 Å². The minimum Gasteiger partial charge on any atom is -0.493 e. The van der Waals surface area contributed by atoms with Crippen LogP contribution in [-0.4, -0.2) is 6.61 Å². The third-order valence-electron chi connectivity index (χ3n) is 2.36. The van der Waals surface area contributed by atoms with Crippen LogP contribution in [-0.2, 0) is 6.42 Å². The number of aryl methyl sites for hydroxylation is 2. The summed E-state index contributed by atoms with van der Waals surface area (Å²) in [6.45, 7) is 7.29. The van der Waals surface area contributed by atoms with E-state index in [0.29, 0.717) is 0 Å². The molecule has 14 heavy (non-hydrogen) atoms. The molecule has 0 bridgehead atoms. The second-order valence-corrected chi connectivity index (χ2v) is 3.67. The molecule has 0 heterocycles. The lowest BCUT2D eigenvalue weighted by Crippen LogP contribution is -1.99. The van der Waals surface area contributed by atoms with Gasteiger partial charge < -0.3 is 4.74 Å². The Hall–Kier alpha value is -0.980. The molecule has 0 aromatic heterocycles. The Morgan fingerprint density at radius 2 is 2.00 bits per heavy atom. The number of unbranched alkanes of at least 4 members (excludes halogenated alkanes) is 1. The van der Waals surface area contributed by atoms with E-state index in [0.717, 1.165) is 25.2 Å². The molecule has 0 saturated carbocycles. The van der Waals surface area contributed by atoms with E-state index in [4.69, 9.17) is 4.74 Å². The van der Waals surface area contributed by atoms with Gasteiger partial charge in [-0.3, -0.25) is 0 Å². The Kier molecular flexibility index (Phi) is 4.51. The SMILES string of the molecule is CCCCOc1cc(C)ccc1CC. The van der Waals surface area contributed by atoms with Crippen molar-refractivity contribution in [2.24, 2.45) is 0 Å². The number of hydrogen-bond donors (Lipinski definition) is 0. The molecule has 0 radical (unpaired) electrons. The smallest absolute Gasteiger partial charge is 0.122 e. The van der Waals surface area contributed by atoms with E-state index < -0.39 is 0 Å². The number of hydrogen-bond acceptors (Lipinski definition) is 1. The highest BCUT2D eigenvalue weighted by molar-refractivity contribution is 5.37. The van der Waals surface area contributed by atoms with Gasteiger partial charge in [-0.05, 0) is 37.0 Å². The van der Waals surface area contributed by atoms with Gasteiger partial charge in [0, 0.05) is 0 Å². The van der Waals surface area contributed by atoms with Crippen LogP contribution in [0.5, 0.6) is 5.75 Å². The fourth-order valence-electron chi connectivity index (χ4n) is 1.41. The molecule has 0 atom stereocenters. The summed E-state index contributed by atoms with van der Waals surface area (Å²) in [5.41, 5.74) is 2.58. The van der Waals surface area contributed by atoms with Crippen molar-refractivity contribution in [3.63, 3.8) is 0 Å². The van der Waals surface area contributed by atoms with Crippen molar-refractivity contribution in [2.45, 2.75) is 40.0 Å². The highest BCUT2D eigenvalue weighted by Crippen LogP contribution is 2.20. The van der Waals surface area contributed by atoms with Crippen LogP contribution in [0.25, 0.3) is 0 Å². The molecule has 0 fully saturated rings. The van der Waals surface area contributed by atoms with Gasteiger partial charge >= 0.3 is 0 Å². The van der Waals surface area contributed by atoms with Crippen molar-refractivity contribution in [3.8, 4) is 5.75 Å². The summed E-state index contributed by atoms with van der Waals surface area (Å²) in [6.07, 6.45) is 3.37. The quantitative estimate of drug-likeness (QED) is 0.646. The molecule has 0 aliphatic heterocycles. The number of benzene rings is 1. The molecule has 1 rings (SSSR count). The molecule has 0 N–H and O–H groups in total. The van der Waals surface area contributed by atoms with E-state index in [1.165, 1.54) is 17.5 Å². The first kappa shape index (κ1) is 11.1. The lowest BCUT2D eigenvalue weighted by Gasteiger charge is -2.10. The second-order valence-electron chi connectivity index (χ2n) is 3.67. The van der Waals surface area contributed by atoms with Gasteiger partial charge in [0.15, 0.2) is 0 Å². The molecule has 0 spiro atoms. The Bertz CT molecular complexity index is 279. The van der Waals surface area contributed by atoms with E-state index >= 15 is 0 Å². The third-order valence-corrected chi connectivity index (χ3v) is 2.36. The monoisotopic (exact) mass is 192 g/mol. The van der Waals surface area contributed by atoms with Gasteiger partial charge in [-0.1, -0.05) is 32.4 Å². The van der Waals surface area contributed by atoms with Crippen LogP contribution >= 0.6 is 0 Å². The predicted molar refractivity (Wildman–Crippen MR) is 61.0 cm³/mol. The Morgan fingerprint density at radius 1 is 1.21 bits per heavy atom. The zero-order valence-electron chi connectivity index (χ0n) is 9.47. The predicted octanol–water partition coefficient (Wildman–Crippen LogP) is 3.74. The Labute approximate surface area is 87.1 Å². The van der Waals surface area contributed by atoms with Crippen LogP contribution in [0.1, 0.15) is 37.8 Å². The Balaban J connectivity index is 2.67. The standard InChI is InChI=1S/C13H20O/c1-4-6-9-14-13-10-11(3)7-8-12(13)5-2/h7-8,10H,4-6,9H2,1-3H3. The molecule has 0 aliphatic rings. The highest BCUT2D eigenvalue weighted by atomic mass is 16.5. The van der Waals surface area contributed by atoms with Crippen LogP contribution in [0.15, 0.2) is 18.2 Å². The van der Waals surface area contributed by atoms with Crippen molar-refractivity contribution in [1.29, 1.82) is 0 Å². The van der Waals surface area contributed by atoms with Crippen LogP contribution in [0, 0.1) is 6.92 Å². The van der Waals surface area contributed by atoms with E-state index in [-0.39, 0.29) is 0 Å². The maximum absolute atomic E-state index is 5.75. The summed E-state index contributed by atoms with van der Waals surface area (Å²) >= 11 is 0. The molecule has 1 nitrogen and oxygen atoms in total. The van der Waals surface area contributed by atoms with Gasteiger partial charge in [0.05, 0.1) is 6.61 Å². The lowest BCUT2D eigenvalue weighted by molar-refractivity contribution is 0.306. The summed E-state index contributed by atoms with van der Waals surface area (Å²) in [4.78, 5) is 0. The molecule has 0 amide bonds. The van der Waals surface area contributed by atoms with Crippen LogP contribution < -0.4 is 4.74 Å².